The van der Waals surface area contributed by atoms with E-state index in [1.165, 1.54) is 22.4 Å². The highest BCUT2D eigenvalue weighted by atomic mass is 16.5. The van der Waals surface area contributed by atoms with Gasteiger partial charge in [-0.2, -0.15) is 0 Å². The van der Waals surface area contributed by atoms with Crippen molar-refractivity contribution < 1.29 is 4.74 Å². The minimum atomic E-state index is 0.505. The lowest BCUT2D eigenvalue weighted by atomic mass is 9.92. The van der Waals surface area contributed by atoms with Gasteiger partial charge in [0.05, 0.1) is 24.4 Å². The fraction of sp³-hybridized carbons (Fsp3) is 0.450. The molecule has 0 spiro atoms. The molecule has 0 amide bonds. The van der Waals surface area contributed by atoms with Crippen molar-refractivity contribution >= 4 is 0 Å². The third-order valence-corrected chi connectivity index (χ3v) is 5.71. The van der Waals surface area contributed by atoms with Crippen molar-refractivity contribution in [3.05, 3.63) is 65.0 Å². The Bertz CT molecular complexity index is 733. The van der Waals surface area contributed by atoms with Gasteiger partial charge in [-0.05, 0) is 29.2 Å². The smallest absolute Gasteiger partial charge is 0.0880 e. The number of ether oxygens (including phenoxy) is 1. The molecule has 0 N–H and O–H groups in total. The van der Waals surface area contributed by atoms with Gasteiger partial charge in [0.1, 0.15) is 0 Å². The molecule has 3 aliphatic heterocycles. The van der Waals surface area contributed by atoms with Gasteiger partial charge in [-0.3, -0.25) is 14.8 Å². The first kappa shape index (κ1) is 14.6. The molecule has 0 aliphatic carbocycles. The number of pyridine rings is 1. The monoisotopic (exact) mass is 321 g/mol. The molecule has 5 rings (SSSR count). The topological polar surface area (TPSA) is 28.6 Å². The van der Waals surface area contributed by atoms with Crippen LogP contribution in [0.2, 0.25) is 0 Å². The Kier molecular flexibility index (Phi) is 3.62. The fourth-order valence-electron chi connectivity index (χ4n) is 4.17. The van der Waals surface area contributed by atoms with Crippen molar-refractivity contribution in [2.45, 2.75) is 38.2 Å². The van der Waals surface area contributed by atoms with Crippen molar-refractivity contribution in [3.8, 4) is 0 Å². The maximum atomic E-state index is 5.51. The van der Waals surface area contributed by atoms with Gasteiger partial charge in [0.25, 0.3) is 0 Å². The largest absolute Gasteiger partial charge is 0.373 e. The molecule has 2 fully saturated rings. The maximum absolute atomic E-state index is 5.51. The molecule has 4 heteroatoms. The molecule has 4 heterocycles. The molecule has 4 nitrogen and oxygen atoms in total. The standard InChI is InChI=1S/C20H23N3O/c1-2-4-15(5-3-1)10-22-9-7-17-16(11-22)6-8-21-18(17)12-23-13-20-19(23)14-24-20/h1-6,8,19-20H,7,9-14H2/t19-,20?/m1/s1. The lowest BCUT2D eigenvalue weighted by Crippen LogP contribution is -2.69. The maximum Gasteiger partial charge on any atom is 0.0880 e. The Morgan fingerprint density at radius 3 is 2.79 bits per heavy atom. The highest BCUT2D eigenvalue weighted by molar-refractivity contribution is 5.33. The van der Waals surface area contributed by atoms with E-state index in [0.29, 0.717) is 12.1 Å². The summed E-state index contributed by atoms with van der Waals surface area (Å²) in [5.74, 6) is 0. The molecular formula is C20H23N3O. The van der Waals surface area contributed by atoms with Crippen LogP contribution in [0.15, 0.2) is 42.6 Å². The zero-order chi connectivity index (χ0) is 15.9. The quantitative estimate of drug-likeness (QED) is 0.863. The van der Waals surface area contributed by atoms with Gasteiger partial charge in [0, 0.05) is 38.9 Å². The van der Waals surface area contributed by atoms with Crippen molar-refractivity contribution in [2.75, 3.05) is 19.7 Å². The van der Waals surface area contributed by atoms with Crippen LogP contribution < -0.4 is 0 Å². The third-order valence-electron chi connectivity index (χ3n) is 5.71. The zero-order valence-corrected chi connectivity index (χ0v) is 13.9. The molecule has 0 bridgehead atoms. The van der Waals surface area contributed by atoms with Gasteiger partial charge >= 0.3 is 0 Å². The number of fused-ring (bicyclic) bond motifs is 2. The first-order valence-corrected chi connectivity index (χ1v) is 8.94. The predicted octanol–water partition coefficient (Wildman–Crippen LogP) is 2.22. The Balaban J connectivity index is 1.29. The average molecular weight is 321 g/mol. The van der Waals surface area contributed by atoms with Crippen molar-refractivity contribution in [1.82, 2.24) is 14.8 Å². The minimum absolute atomic E-state index is 0.505. The Morgan fingerprint density at radius 1 is 1.12 bits per heavy atom. The first-order valence-electron chi connectivity index (χ1n) is 8.94. The second-order valence-electron chi connectivity index (χ2n) is 7.21. The molecular weight excluding hydrogens is 298 g/mol. The summed E-state index contributed by atoms with van der Waals surface area (Å²) in [5, 5.41) is 0. The van der Waals surface area contributed by atoms with Crippen LogP contribution in [0.5, 0.6) is 0 Å². The summed E-state index contributed by atoms with van der Waals surface area (Å²) in [4.78, 5) is 9.77. The number of morpholine rings is 1. The van der Waals surface area contributed by atoms with Crippen LogP contribution in [0.25, 0.3) is 0 Å². The van der Waals surface area contributed by atoms with Crippen molar-refractivity contribution in [3.63, 3.8) is 0 Å². The van der Waals surface area contributed by atoms with Crippen molar-refractivity contribution in [1.29, 1.82) is 0 Å². The van der Waals surface area contributed by atoms with E-state index in [1.807, 2.05) is 6.20 Å². The molecule has 2 saturated heterocycles. The van der Waals surface area contributed by atoms with Gasteiger partial charge in [0.2, 0.25) is 0 Å². The van der Waals surface area contributed by atoms with Crippen LogP contribution in [0.3, 0.4) is 0 Å². The summed E-state index contributed by atoms with van der Waals surface area (Å²) in [6, 6.07) is 13.6. The van der Waals surface area contributed by atoms with Crippen molar-refractivity contribution in [2.24, 2.45) is 0 Å². The van der Waals surface area contributed by atoms with Gasteiger partial charge in [-0.15, -0.1) is 0 Å². The normalized spacial score (nSPS) is 26.2. The SMILES string of the molecule is c1ccc(CN2CCc3c(ccnc3CN3CC4OC[C@H]43)C2)cc1. The second-order valence-corrected chi connectivity index (χ2v) is 7.21. The van der Waals surface area contributed by atoms with Gasteiger partial charge in [0.15, 0.2) is 0 Å². The second kappa shape index (κ2) is 5.96. The molecule has 1 aromatic heterocycles. The zero-order valence-electron chi connectivity index (χ0n) is 13.9. The van der Waals surface area contributed by atoms with E-state index >= 15 is 0 Å². The third kappa shape index (κ3) is 2.55. The molecule has 0 saturated carbocycles. The number of hydrogen-bond donors (Lipinski definition) is 0. The van der Waals surface area contributed by atoms with Gasteiger partial charge in [-0.1, -0.05) is 30.3 Å². The number of nitrogens with zero attached hydrogens (tertiary/aromatic N) is 3. The number of aromatic nitrogens is 1. The number of rotatable bonds is 4. The molecule has 2 aromatic rings. The van der Waals surface area contributed by atoms with E-state index in [4.69, 9.17) is 9.72 Å². The summed E-state index contributed by atoms with van der Waals surface area (Å²) in [6.45, 7) is 6.17. The number of benzene rings is 1. The van der Waals surface area contributed by atoms with E-state index < -0.39 is 0 Å². The number of hydrogen-bond acceptors (Lipinski definition) is 4. The Hall–Kier alpha value is -1.75. The van der Waals surface area contributed by atoms with Crippen LogP contribution in [0.1, 0.15) is 22.4 Å². The molecule has 1 aromatic carbocycles. The highest BCUT2D eigenvalue weighted by Crippen LogP contribution is 2.32. The lowest BCUT2D eigenvalue weighted by Gasteiger charge is -2.54. The van der Waals surface area contributed by atoms with Gasteiger partial charge in [-0.25, -0.2) is 0 Å². The summed E-state index contributed by atoms with van der Waals surface area (Å²) < 4.78 is 5.51. The van der Waals surface area contributed by atoms with E-state index in [0.717, 1.165) is 45.8 Å². The van der Waals surface area contributed by atoms with Crippen LogP contribution in [-0.4, -0.2) is 46.6 Å². The predicted molar refractivity (Wildman–Crippen MR) is 92.4 cm³/mol. The number of likely N-dealkylation sites (tertiary alicyclic amines) is 1. The Morgan fingerprint density at radius 2 is 2.04 bits per heavy atom. The molecule has 24 heavy (non-hydrogen) atoms. The summed E-state index contributed by atoms with van der Waals surface area (Å²) in [5.41, 5.74) is 5.64. The van der Waals surface area contributed by atoms with Gasteiger partial charge < -0.3 is 4.74 Å². The lowest BCUT2D eigenvalue weighted by molar-refractivity contribution is -0.217. The average Bonchev–Trinajstić information content (AvgIpc) is 2.60. The first-order chi connectivity index (χ1) is 11.9. The Labute approximate surface area is 143 Å². The van der Waals surface area contributed by atoms with Crippen LogP contribution in [0, 0.1) is 0 Å². The summed E-state index contributed by atoms with van der Waals surface area (Å²) in [6.07, 6.45) is 3.62. The molecule has 3 aliphatic rings. The molecule has 124 valence electrons. The van der Waals surface area contributed by atoms with E-state index in [2.05, 4.69) is 46.2 Å². The molecule has 2 atom stereocenters. The highest BCUT2D eigenvalue weighted by Gasteiger charge is 2.47. The van der Waals surface area contributed by atoms with Crippen LogP contribution >= 0.6 is 0 Å². The summed E-state index contributed by atoms with van der Waals surface area (Å²) >= 11 is 0. The van der Waals surface area contributed by atoms with Crippen LogP contribution in [-0.2, 0) is 30.8 Å². The van der Waals surface area contributed by atoms with E-state index in [9.17, 15) is 0 Å². The molecule has 0 radical (unpaired) electrons. The van der Waals surface area contributed by atoms with E-state index in [1.54, 1.807) is 0 Å². The van der Waals surface area contributed by atoms with E-state index in [-0.39, 0.29) is 0 Å². The molecule has 1 unspecified atom stereocenters. The summed E-state index contributed by atoms with van der Waals surface area (Å²) in [7, 11) is 0. The fourth-order valence-corrected chi connectivity index (χ4v) is 4.17. The minimum Gasteiger partial charge on any atom is -0.373 e. The van der Waals surface area contributed by atoms with Crippen LogP contribution in [0.4, 0.5) is 0 Å².